The summed E-state index contributed by atoms with van der Waals surface area (Å²) >= 11 is 0. The quantitative estimate of drug-likeness (QED) is 0.767. The molecule has 2 N–H and O–H groups in total. The van der Waals surface area contributed by atoms with Crippen LogP contribution in [0.2, 0.25) is 0 Å². The number of fused-ring (bicyclic) bond motifs is 2. The predicted molar refractivity (Wildman–Crippen MR) is 62.4 cm³/mol. The van der Waals surface area contributed by atoms with Crippen molar-refractivity contribution in [2.24, 2.45) is 11.8 Å². The maximum absolute atomic E-state index is 12.0. The lowest BCUT2D eigenvalue weighted by Gasteiger charge is -2.20. The van der Waals surface area contributed by atoms with E-state index in [2.05, 4.69) is 5.32 Å². The highest BCUT2D eigenvalue weighted by Crippen LogP contribution is 2.38. The van der Waals surface area contributed by atoms with Crippen LogP contribution < -0.4 is 5.32 Å². The number of aliphatic hydroxyl groups excluding tert-OH is 1. The molecule has 17 heavy (non-hydrogen) atoms. The predicted octanol–water partition coefficient (Wildman–Crippen LogP) is 0.831. The highest BCUT2D eigenvalue weighted by molar-refractivity contribution is 5.79. The van der Waals surface area contributed by atoms with Crippen molar-refractivity contribution in [1.29, 1.82) is 0 Å². The number of hydrogen-bond acceptors (Lipinski definition) is 3. The van der Waals surface area contributed by atoms with E-state index < -0.39 is 0 Å². The van der Waals surface area contributed by atoms with Gasteiger partial charge in [0, 0.05) is 12.5 Å². The Morgan fingerprint density at radius 1 is 1.29 bits per heavy atom. The van der Waals surface area contributed by atoms with Gasteiger partial charge in [-0.1, -0.05) is 6.42 Å². The second-order valence-electron chi connectivity index (χ2n) is 5.72. The first-order chi connectivity index (χ1) is 8.24. The third-order valence-electron chi connectivity index (χ3n) is 4.60. The Labute approximate surface area is 102 Å². The molecule has 3 aliphatic rings. The zero-order valence-electron chi connectivity index (χ0n) is 10.1. The van der Waals surface area contributed by atoms with Crippen LogP contribution in [-0.2, 0) is 9.53 Å². The minimum Gasteiger partial charge on any atom is -0.393 e. The molecule has 1 saturated carbocycles. The molecule has 5 atom stereocenters. The van der Waals surface area contributed by atoms with Crippen molar-refractivity contribution in [3.8, 4) is 0 Å². The lowest BCUT2D eigenvalue weighted by Crippen LogP contribution is -2.39. The average molecular weight is 239 g/mol. The van der Waals surface area contributed by atoms with Gasteiger partial charge in [-0.2, -0.15) is 0 Å². The molecule has 1 aliphatic carbocycles. The smallest absolute Gasteiger partial charge is 0.225 e. The fourth-order valence-electron chi connectivity index (χ4n) is 3.53. The first kappa shape index (κ1) is 11.5. The zero-order chi connectivity index (χ0) is 11.8. The van der Waals surface area contributed by atoms with E-state index in [1.54, 1.807) is 0 Å². The molecular weight excluding hydrogens is 218 g/mol. The van der Waals surface area contributed by atoms with Crippen LogP contribution in [0, 0.1) is 11.8 Å². The van der Waals surface area contributed by atoms with Gasteiger partial charge >= 0.3 is 0 Å². The lowest BCUT2D eigenvalue weighted by molar-refractivity contribution is -0.126. The molecule has 3 fully saturated rings. The molecule has 2 heterocycles. The third-order valence-corrected chi connectivity index (χ3v) is 4.60. The van der Waals surface area contributed by atoms with E-state index in [0.717, 1.165) is 38.5 Å². The first-order valence-corrected chi connectivity index (χ1v) is 6.85. The van der Waals surface area contributed by atoms with Gasteiger partial charge in [0.1, 0.15) is 0 Å². The first-order valence-electron chi connectivity index (χ1n) is 6.85. The number of rotatable bonds is 3. The number of hydrogen-bond donors (Lipinski definition) is 2. The van der Waals surface area contributed by atoms with Gasteiger partial charge in [-0.25, -0.2) is 0 Å². The summed E-state index contributed by atoms with van der Waals surface area (Å²) in [4.78, 5) is 12.0. The fraction of sp³-hybridized carbons (Fsp3) is 0.923. The van der Waals surface area contributed by atoms with Gasteiger partial charge < -0.3 is 15.2 Å². The number of carbonyl (C=O) groups is 1. The van der Waals surface area contributed by atoms with Crippen LogP contribution in [0.5, 0.6) is 0 Å². The number of carbonyl (C=O) groups excluding carboxylic acids is 1. The molecule has 96 valence electrons. The zero-order valence-corrected chi connectivity index (χ0v) is 10.1. The Morgan fingerprint density at radius 3 is 2.76 bits per heavy atom. The highest BCUT2D eigenvalue weighted by Gasteiger charge is 2.44. The molecule has 2 saturated heterocycles. The van der Waals surface area contributed by atoms with Gasteiger partial charge in [-0.15, -0.1) is 0 Å². The molecule has 2 aliphatic heterocycles. The van der Waals surface area contributed by atoms with Crippen molar-refractivity contribution < 1.29 is 14.6 Å². The van der Waals surface area contributed by atoms with Crippen molar-refractivity contribution in [3.63, 3.8) is 0 Å². The number of nitrogens with one attached hydrogen (secondary N) is 1. The molecule has 2 bridgehead atoms. The van der Waals surface area contributed by atoms with Crippen LogP contribution in [0.25, 0.3) is 0 Å². The highest BCUT2D eigenvalue weighted by atomic mass is 16.5. The molecular formula is C13H21NO3. The fourth-order valence-corrected chi connectivity index (χ4v) is 3.53. The molecule has 0 spiro atoms. The monoisotopic (exact) mass is 239 g/mol. The van der Waals surface area contributed by atoms with Gasteiger partial charge in [0.05, 0.1) is 24.2 Å². The van der Waals surface area contributed by atoms with Gasteiger partial charge in [-0.05, 0) is 32.1 Å². The molecule has 5 unspecified atom stereocenters. The van der Waals surface area contributed by atoms with E-state index in [0.29, 0.717) is 12.6 Å². The summed E-state index contributed by atoms with van der Waals surface area (Å²) in [7, 11) is 0. The number of amides is 1. The third kappa shape index (κ3) is 2.20. The van der Waals surface area contributed by atoms with E-state index in [-0.39, 0.29) is 30.0 Å². The van der Waals surface area contributed by atoms with Crippen molar-refractivity contribution in [2.45, 2.75) is 56.8 Å². The summed E-state index contributed by atoms with van der Waals surface area (Å²) in [6.45, 7) is 0.633. The van der Waals surface area contributed by atoms with Gasteiger partial charge in [-0.3, -0.25) is 4.79 Å². The molecule has 0 aromatic heterocycles. The second kappa shape index (κ2) is 4.58. The SMILES string of the molecule is O=C(NCC1CCCC1O)C1CC2CCC1O2. The maximum atomic E-state index is 12.0. The number of aliphatic hydroxyl groups is 1. The summed E-state index contributed by atoms with van der Waals surface area (Å²) in [6, 6.07) is 0. The van der Waals surface area contributed by atoms with Crippen molar-refractivity contribution in [2.75, 3.05) is 6.54 Å². The van der Waals surface area contributed by atoms with E-state index in [9.17, 15) is 9.90 Å². The Bertz CT molecular complexity index is 307. The summed E-state index contributed by atoms with van der Waals surface area (Å²) in [5.41, 5.74) is 0. The van der Waals surface area contributed by atoms with Crippen LogP contribution in [-0.4, -0.2) is 35.9 Å². The van der Waals surface area contributed by atoms with Gasteiger partial charge in [0.25, 0.3) is 0 Å². The lowest BCUT2D eigenvalue weighted by atomic mass is 9.88. The standard InChI is InChI=1S/C13H21NO3/c15-11-3-1-2-8(11)7-14-13(16)10-6-9-4-5-12(10)17-9/h8-12,15H,1-7H2,(H,14,16). The van der Waals surface area contributed by atoms with Crippen LogP contribution in [0.1, 0.15) is 38.5 Å². The molecule has 4 heteroatoms. The molecule has 0 radical (unpaired) electrons. The molecule has 3 rings (SSSR count). The molecule has 1 amide bonds. The minimum atomic E-state index is -0.216. The van der Waals surface area contributed by atoms with Crippen molar-refractivity contribution in [3.05, 3.63) is 0 Å². The number of ether oxygens (including phenoxy) is 1. The Hall–Kier alpha value is -0.610. The molecule has 0 aromatic carbocycles. The summed E-state index contributed by atoms with van der Waals surface area (Å²) < 4.78 is 5.69. The summed E-state index contributed by atoms with van der Waals surface area (Å²) in [5, 5.41) is 12.7. The Kier molecular flexibility index (Phi) is 3.09. The molecule has 4 nitrogen and oxygen atoms in total. The van der Waals surface area contributed by atoms with Crippen molar-refractivity contribution in [1.82, 2.24) is 5.32 Å². The molecule has 0 aromatic rings. The summed E-state index contributed by atoms with van der Waals surface area (Å²) in [6.07, 6.45) is 6.33. The topological polar surface area (TPSA) is 58.6 Å². The van der Waals surface area contributed by atoms with E-state index in [4.69, 9.17) is 4.74 Å². The normalized spacial score (nSPS) is 44.2. The second-order valence-corrected chi connectivity index (χ2v) is 5.72. The van der Waals surface area contributed by atoms with E-state index in [1.165, 1.54) is 0 Å². The van der Waals surface area contributed by atoms with Gasteiger partial charge in [0.2, 0.25) is 5.91 Å². The Morgan fingerprint density at radius 2 is 2.18 bits per heavy atom. The van der Waals surface area contributed by atoms with E-state index >= 15 is 0 Å². The van der Waals surface area contributed by atoms with Crippen LogP contribution >= 0.6 is 0 Å². The summed E-state index contributed by atoms with van der Waals surface area (Å²) in [5.74, 6) is 0.460. The van der Waals surface area contributed by atoms with Crippen LogP contribution in [0.3, 0.4) is 0 Å². The van der Waals surface area contributed by atoms with Gasteiger partial charge in [0.15, 0.2) is 0 Å². The Balaban J connectivity index is 1.47. The van der Waals surface area contributed by atoms with E-state index in [1.807, 2.05) is 0 Å². The van der Waals surface area contributed by atoms with Crippen LogP contribution in [0.15, 0.2) is 0 Å². The largest absolute Gasteiger partial charge is 0.393 e. The van der Waals surface area contributed by atoms with Crippen molar-refractivity contribution >= 4 is 5.91 Å². The minimum absolute atomic E-state index is 0.0623. The maximum Gasteiger partial charge on any atom is 0.225 e. The van der Waals surface area contributed by atoms with Crippen LogP contribution in [0.4, 0.5) is 0 Å². The average Bonchev–Trinajstić information content (AvgIpc) is 3.01.